The molecule has 0 aromatic heterocycles. The van der Waals surface area contributed by atoms with Gasteiger partial charge in [-0.1, -0.05) is 30.3 Å². The molecule has 0 saturated heterocycles. The number of unbranched alkanes of at least 4 members (excludes halogenated alkanes) is 1. The molecule has 2 atom stereocenters. The summed E-state index contributed by atoms with van der Waals surface area (Å²) in [5, 5.41) is 7.08. The lowest BCUT2D eigenvalue weighted by Gasteiger charge is -2.31. The molecule has 1 aliphatic heterocycles. The topological polar surface area (TPSA) is 227 Å². The van der Waals surface area contributed by atoms with E-state index in [0.717, 1.165) is 10.8 Å². The van der Waals surface area contributed by atoms with Crippen LogP contribution in [0, 0.1) is 0 Å². The van der Waals surface area contributed by atoms with Gasteiger partial charge in [0.15, 0.2) is 11.5 Å². The van der Waals surface area contributed by atoms with Crippen molar-refractivity contribution in [3.8, 4) is 5.75 Å². The van der Waals surface area contributed by atoms with Crippen molar-refractivity contribution in [1.29, 1.82) is 0 Å². The molecule has 0 radical (unpaired) electrons. The SMILES string of the molecule is CC(C)(C)OC(=O)NCCCC[C@H](N)C(=O)Nc1cc2c(c3ccccc13)N=C1C=CC(N(CCCS(=O)(=O)O)CCCS(=O)(=O)O)C=C1O2. The molecule has 6 N–H and O–H groups in total. The summed E-state index contributed by atoms with van der Waals surface area (Å²) in [6, 6.07) is 7.84. The van der Waals surface area contributed by atoms with Crippen molar-refractivity contribution in [2.24, 2.45) is 10.7 Å². The predicted octanol–water partition coefficient (Wildman–Crippen LogP) is 3.95. The predicted molar refractivity (Wildman–Crippen MR) is 191 cm³/mol. The number of nitrogens with one attached hydrogen (secondary N) is 2. The molecule has 2 aromatic carbocycles. The lowest BCUT2D eigenvalue weighted by Crippen LogP contribution is -2.38. The fourth-order valence-electron chi connectivity index (χ4n) is 5.50. The van der Waals surface area contributed by atoms with Gasteiger partial charge in [0.2, 0.25) is 5.91 Å². The molecule has 0 spiro atoms. The van der Waals surface area contributed by atoms with Crippen LogP contribution in [0.4, 0.5) is 16.2 Å². The molecule has 2 aromatic rings. The van der Waals surface area contributed by atoms with Gasteiger partial charge in [-0.15, -0.1) is 0 Å². The number of allylic oxidation sites excluding steroid dienone is 1. The van der Waals surface area contributed by atoms with Gasteiger partial charge in [0, 0.05) is 36.5 Å². The van der Waals surface area contributed by atoms with Gasteiger partial charge in [-0.05, 0) is 65.0 Å². The largest absolute Gasteiger partial charge is 0.453 e. The number of aliphatic imine (C=N–C) groups is 1. The molecular formula is C33H45N5O10S2. The number of hydrogen-bond donors (Lipinski definition) is 5. The highest BCUT2D eigenvalue weighted by molar-refractivity contribution is 7.86. The number of nitrogens with zero attached hydrogens (tertiary/aromatic N) is 2. The van der Waals surface area contributed by atoms with Crippen LogP contribution in [0.1, 0.15) is 52.9 Å². The van der Waals surface area contributed by atoms with Crippen LogP contribution in [-0.2, 0) is 29.8 Å². The first-order chi connectivity index (χ1) is 23.4. The van der Waals surface area contributed by atoms with Crippen LogP contribution >= 0.6 is 0 Å². The van der Waals surface area contributed by atoms with Gasteiger partial charge in [-0.3, -0.25) is 18.8 Å². The van der Waals surface area contributed by atoms with Crippen molar-refractivity contribution in [2.75, 3.05) is 36.5 Å². The second-order valence-electron chi connectivity index (χ2n) is 13.1. The quantitative estimate of drug-likeness (QED) is 0.122. The van der Waals surface area contributed by atoms with Crippen molar-refractivity contribution in [3.63, 3.8) is 0 Å². The number of amides is 2. The first-order valence-electron chi connectivity index (χ1n) is 16.3. The van der Waals surface area contributed by atoms with Gasteiger partial charge in [0.25, 0.3) is 20.2 Å². The number of fused-ring (bicyclic) bond motifs is 4. The summed E-state index contributed by atoms with van der Waals surface area (Å²) in [4.78, 5) is 31.7. The molecule has 0 bridgehead atoms. The highest BCUT2D eigenvalue weighted by atomic mass is 32.2. The highest BCUT2D eigenvalue weighted by Crippen LogP contribution is 2.44. The van der Waals surface area contributed by atoms with Crippen LogP contribution in [0.3, 0.4) is 0 Å². The summed E-state index contributed by atoms with van der Waals surface area (Å²) in [6.07, 6.45) is 6.62. The van der Waals surface area contributed by atoms with Gasteiger partial charge in [0.05, 0.1) is 29.3 Å². The van der Waals surface area contributed by atoms with Crippen molar-refractivity contribution >= 4 is 60.1 Å². The second-order valence-corrected chi connectivity index (χ2v) is 16.3. The van der Waals surface area contributed by atoms with E-state index in [1.54, 1.807) is 39.0 Å². The zero-order chi connectivity index (χ0) is 36.7. The third kappa shape index (κ3) is 11.9. The minimum atomic E-state index is -4.19. The molecule has 50 heavy (non-hydrogen) atoms. The highest BCUT2D eigenvalue weighted by Gasteiger charge is 2.28. The lowest BCUT2D eigenvalue weighted by atomic mass is 10.0. The van der Waals surface area contributed by atoms with E-state index in [2.05, 4.69) is 10.6 Å². The van der Waals surface area contributed by atoms with E-state index >= 15 is 0 Å². The Bertz CT molecular complexity index is 1850. The summed E-state index contributed by atoms with van der Waals surface area (Å²) >= 11 is 0. The van der Waals surface area contributed by atoms with Gasteiger partial charge >= 0.3 is 6.09 Å². The minimum absolute atomic E-state index is 0.0863. The zero-order valence-electron chi connectivity index (χ0n) is 28.3. The molecule has 1 heterocycles. The number of rotatable bonds is 16. The number of carbonyl (C=O) groups is 2. The Hall–Kier alpha value is -3.87. The van der Waals surface area contributed by atoms with Crippen LogP contribution < -0.4 is 21.1 Å². The maximum absolute atomic E-state index is 13.2. The molecule has 17 heteroatoms. The molecule has 0 fully saturated rings. The smallest absolute Gasteiger partial charge is 0.407 e. The summed E-state index contributed by atoms with van der Waals surface area (Å²) < 4.78 is 75.1. The van der Waals surface area contributed by atoms with E-state index in [9.17, 15) is 35.5 Å². The number of benzene rings is 2. The van der Waals surface area contributed by atoms with E-state index in [1.807, 2.05) is 35.2 Å². The molecule has 4 rings (SSSR count). The number of alkyl carbamates (subject to hydrolysis) is 1. The van der Waals surface area contributed by atoms with Gasteiger partial charge in [-0.2, -0.15) is 16.8 Å². The van der Waals surface area contributed by atoms with E-state index in [1.165, 1.54) is 0 Å². The maximum Gasteiger partial charge on any atom is 0.407 e. The number of nitrogens with two attached hydrogens (primary N) is 1. The summed E-state index contributed by atoms with van der Waals surface area (Å²) in [5.74, 6) is -0.539. The normalized spacial score (nSPS) is 16.5. The number of anilines is 1. The Kier molecular flexibility index (Phi) is 12.8. The Labute approximate surface area is 292 Å². The van der Waals surface area contributed by atoms with Crippen LogP contribution in [0.15, 0.2) is 59.3 Å². The van der Waals surface area contributed by atoms with Crippen LogP contribution in [0.25, 0.3) is 10.8 Å². The molecule has 2 aliphatic rings. The number of hydrogen-bond acceptors (Lipinski definition) is 11. The number of ether oxygens (including phenoxy) is 2. The van der Waals surface area contributed by atoms with E-state index in [-0.39, 0.29) is 31.8 Å². The molecule has 274 valence electrons. The number of carbonyl (C=O) groups excluding carboxylic acids is 2. The molecule has 2 amide bonds. The monoisotopic (exact) mass is 735 g/mol. The first kappa shape index (κ1) is 38.9. The first-order valence-corrected chi connectivity index (χ1v) is 19.5. The van der Waals surface area contributed by atoms with Crippen molar-refractivity contribution in [2.45, 2.75) is 70.6 Å². The summed E-state index contributed by atoms with van der Waals surface area (Å²) in [5.41, 5.74) is 7.21. The van der Waals surface area contributed by atoms with E-state index < -0.39 is 55.5 Å². The van der Waals surface area contributed by atoms with E-state index in [4.69, 9.17) is 20.2 Å². The maximum atomic E-state index is 13.2. The Balaban J connectivity index is 1.47. The fraction of sp³-hybridized carbons (Fsp3) is 0.485. The average Bonchev–Trinajstić information content (AvgIpc) is 3.01. The Morgan fingerprint density at radius 1 is 1.02 bits per heavy atom. The Morgan fingerprint density at radius 2 is 1.66 bits per heavy atom. The summed E-state index contributed by atoms with van der Waals surface area (Å²) in [6.45, 7) is 6.14. The molecular weight excluding hydrogens is 691 g/mol. The van der Waals surface area contributed by atoms with Gasteiger partial charge < -0.3 is 25.8 Å². The third-order valence-electron chi connectivity index (χ3n) is 7.78. The van der Waals surface area contributed by atoms with Gasteiger partial charge in [-0.25, -0.2) is 9.79 Å². The second kappa shape index (κ2) is 16.4. The molecule has 15 nitrogen and oxygen atoms in total. The standard InChI is InChI=1S/C33H45N5O10S2/c1-33(2,3)48-32(40)35-15-7-6-12-25(34)31(39)37-27-21-29-30(24-11-5-4-10-23(24)27)36-26-14-13-22(20-28(26)47-29)38(16-8-18-49(41,42)43)17-9-19-50(44,45)46/h4-5,10-11,13-14,20-22,25H,6-9,12,15-19,34H2,1-3H3,(H,35,40)(H,37,39)(H,41,42,43)(H,44,45,46)/t22?,25-/m0/s1. The van der Waals surface area contributed by atoms with Crippen molar-refractivity contribution < 1.29 is 45.0 Å². The van der Waals surface area contributed by atoms with Crippen LogP contribution in [0.2, 0.25) is 0 Å². The minimum Gasteiger partial charge on any atom is -0.453 e. The van der Waals surface area contributed by atoms with Crippen LogP contribution in [-0.4, -0.2) is 97.4 Å². The lowest BCUT2D eigenvalue weighted by molar-refractivity contribution is -0.117. The van der Waals surface area contributed by atoms with Crippen molar-refractivity contribution in [1.82, 2.24) is 10.2 Å². The molecule has 1 aliphatic carbocycles. The van der Waals surface area contributed by atoms with Crippen LogP contribution in [0.5, 0.6) is 5.75 Å². The van der Waals surface area contributed by atoms with Gasteiger partial charge in [0.1, 0.15) is 17.0 Å². The summed E-state index contributed by atoms with van der Waals surface area (Å²) in [7, 11) is -8.39. The van der Waals surface area contributed by atoms with Crippen molar-refractivity contribution in [3.05, 3.63) is 54.3 Å². The molecule has 1 unspecified atom stereocenters. The van der Waals surface area contributed by atoms with E-state index in [0.29, 0.717) is 54.4 Å². The third-order valence-corrected chi connectivity index (χ3v) is 9.39. The molecule has 0 saturated carbocycles. The fourth-order valence-corrected chi connectivity index (χ4v) is 6.49. The average molecular weight is 736 g/mol. The Morgan fingerprint density at radius 3 is 2.28 bits per heavy atom. The zero-order valence-corrected chi connectivity index (χ0v) is 29.9.